The Kier molecular flexibility index (Phi) is 6.60. The highest BCUT2D eigenvalue weighted by Gasteiger charge is 2.69. The van der Waals surface area contributed by atoms with Crippen molar-refractivity contribution in [2.24, 2.45) is 28.9 Å². The molecule has 0 aromatic carbocycles. The Bertz CT molecular complexity index is 1010. The molecule has 2 saturated carbocycles. The Morgan fingerprint density at radius 3 is 2.41 bits per heavy atom. The van der Waals surface area contributed by atoms with Gasteiger partial charge < -0.3 is 31.3 Å². The number of rotatable bonds is 8. The number of nitrogens with two attached hydrogens (primary N) is 1. The van der Waals surface area contributed by atoms with Gasteiger partial charge in [-0.05, 0) is 49.9 Å². The van der Waals surface area contributed by atoms with E-state index >= 15 is 0 Å². The first-order valence-electron chi connectivity index (χ1n) is 12.3. The third-order valence-corrected chi connectivity index (χ3v) is 8.26. The Hall–Kier alpha value is -3.06. The predicted molar refractivity (Wildman–Crippen MR) is 120 cm³/mol. The van der Waals surface area contributed by atoms with Crippen molar-refractivity contribution in [2.75, 3.05) is 13.2 Å². The van der Waals surface area contributed by atoms with Crippen LogP contribution in [0.25, 0.3) is 0 Å². The molecule has 4 fully saturated rings. The largest absolute Gasteiger partial charge is 0.440 e. The van der Waals surface area contributed by atoms with E-state index in [1.807, 2.05) is 13.8 Å². The van der Waals surface area contributed by atoms with E-state index in [0.717, 1.165) is 12.8 Å². The van der Waals surface area contributed by atoms with E-state index in [0.29, 0.717) is 6.42 Å². The molecule has 4 rings (SSSR count). The molecule has 11 nitrogen and oxygen atoms in total. The van der Waals surface area contributed by atoms with E-state index in [1.54, 1.807) is 0 Å². The van der Waals surface area contributed by atoms with Crippen LogP contribution in [0.4, 0.5) is 18.0 Å². The number of alkyl carbamates (subject to hydrolysis) is 1. The number of hydrogen-bond acceptors (Lipinski definition) is 6. The van der Waals surface area contributed by atoms with Crippen molar-refractivity contribution < 1.29 is 41.9 Å². The van der Waals surface area contributed by atoms with Crippen molar-refractivity contribution in [3.8, 4) is 0 Å². The number of carbonyl (C=O) groups is 5. The molecule has 2 aliphatic carbocycles. The molecule has 6 atom stereocenters. The lowest BCUT2D eigenvalue weighted by Crippen LogP contribution is -2.57. The van der Waals surface area contributed by atoms with E-state index < -0.39 is 60.6 Å². The number of amides is 5. The summed E-state index contributed by atoms with van der Waals surface area (Å²) in [6.07, 6.45) is -3.79. The van der Waals surface area contributed by atoms with Gasteiger partial charge in [-0.3, -0.25) is 19.2 Å². The average molecular weight is 532 g/mol. The number of ether oxygens (including phenoxy) is 1. The molecule has 14 heteroatoms. The summed E-state index contributed by atoms with van der Waals surface area (Å²) >= 11 is 0. The zero-order valence-corrected chi connectivity index (χ0v) is 20.8. The lowest BCUT2D eigenvalue weighted by atomic mass is 9.94. The van der Waals surface area contributed by atoms with Crippen LogP contribution in [0.1, 0.15) is 46.5 Å². The number of primary amides is 1. The van der Waals surface area contributed by atoms with Crippen LogP contribution in [-0.4, -0.2) is 77.6 Å². The number of hydrogen-bond donors (Lipinski definition) is 4. The molecule has 1 spiro atoms. The minimum atomic E-state index is -4.72. The second-order valence-corrected chi connectivity index (χ2v) is 11.3. The first-order chi connectivity index (χ1) is 17.0. The molecule has 0 bridgehead atoms. The van der Waals surface area contributed by atoms with Crippen molar-refractivity contribution in [2.45, 2.75) is 76.3 Å². The SMILES string of the molecule is C[C@H](NC(=O)OCC(F)(F)F)C(=O)N1C[C@H]2[C@@H]([C@H]1C(=O)N[C@@H](C[C@@H]1CC3(CC3)NC1=O)C(N)=O)C2(C)C. The molecule has 0 aromatic rings. The number of piperidine rings is 1. The van der Waals surface area contributed by atoms with Crippen LogP contribution < -0.4 is 21.7 Å². The summed E-state index contributed by atoms with van der Waals surface area (Å²) in [7, 11) is 0. The Morgan fingerprint density at radius 1 is 1.22 bits per heavy atom. The molecule has 5 amide bonds. The Balaban J connectivity index is 1.41. The fourth-order valence-electron chi connectivity index (χ4n) is 5.93. The highest BCUT2D eigenvalue weighted by Crippen LogP contribution is 2.64. The van der Waals surface area contributed by atoms with Gasteiger partial charge in [-0.1, -0.05) is 13.8 Å². The summed E-state index contributed by atoms with van der Waals surface area (Å²) in [5.41, 5.74) is 5.07. The van der Waals surface area contributed by atoms with Gasteiger partial charge in [0.15, 0.2) is 6.61 Å². The van der Waals surface area contributed by atoms with Gasteiger partial charge in [0.2, 0.25) is 23.6 Å². The molecule has 2 saturated heterocycles. The number of alkyl halides is 3. The van der Waals surface area contributed by atoms with Crippen LogP contribution in [-0.2, 0) is 23.9 Å². The first-order valence-corrected chi connectivity index (χ1v) is 12.3. The second-order valence-electron chi connectivity index (χ2n) is 11.3. The summed E-state index contributed by atoms with van der Waals surface area (Å²) in [5, 5.41) is 7.62. The number of likely N-dealkylation sites (tertiary alicyclic amines) is 1. The number of fused-ring (bicyclic) bond motifs is 1. The van der Waals surface area contributed by atoms with E-state index in [2.05, 4.69) is 20.7 Å². The molecule has 206 valence electrons. The van der Waals surface area contributed by atoms with Gasteiger partial charge in [-0.25, -0.2) is 4.79 Å². The zero-order valence-electron chi connectivity index (χ0n) is 20.8. The van der Waals surface area contributed by atoms with Gasteiger partial charge in [0, 0.05) is 18.0 Å². The van der Waals surface area contributed by atoms with Gasteiger partial charge in [0.05, 0.1) is 0 Å². The number of nitrogens with one attached hydrogen (secondary N) is 3. The lowest BCUT2D eigenvalue weighted by Gasteiger charge is -2.33. The van der Waals surface area contributed by atoms with Crippen molar-refractivity contribution in [1.82, 2.24) is 20.9 Å². The number of halogens is 3. The molecule has 4 aliphatic rings. The average Bonchev–Trinajstić information content (AvgIpc) is 3.50. The minimum absolute atomic E-state index is 0.0149. The first kappa shape index (κ1) is 27.0. The maximum atomic E-state index is 13.4. The Labute approximate surface area is 211 Å². The summed E-state index contributed by atoms with van der Waals surface area (Å²) in [5.74, 6) is -2.98. The highest BCUT2D eigenvalue weighted by molar-refractivity contribution is 5.95. The van der Waals surface area contributed by atoms with Crippen LogP contribution in [0.2, 0.25) is 0 Å². The molecule has 0 unspecified atom stereocenters. The predicted octanol–water partition coefficient (Wildman–Crippen LogP) is 0.175. The van der Waals surface area contributed by atoms with E-state index in [4.69, 9.17) is 5.73 Å². The second kappa shape index (κ2) is 9.05. The molecule has 2 heterocycles. The normalized spacial score (nSPS) is 30.1. The molecule has 37 heavy (non-hydrogen) atoms. The summed E-state index contributed by atoms with van der Waals surface area (Å²) in [6, 6.07) is -3.36. The highest BCUT2D eigenvalue weighted by atomic mass is 19.4. The molecular formula is C23H32F3N5O6. The third kappa shape index (κ3) is 5.47. The van der Waals surface area contributed by atoms with Gasteiger partial charge >= 0.3 is 12.3 Å². The van der Waals surface area contributed by atoms with Gasteiger partial charge in [0.1, 0.15) is 18.1 Å². The topological polar surface area (TPSA) is 160 Å². The maximum absolute atomic E-state index is 13.4. The molecule has 2 aliphatic heterocycles. The third-order valence-electron chi connectivity index (χ3n) is 8.26. The zero-order chi connectivity index (χ0) is 27.5. The minimum Gasteiger partial charge on any atom is -0.440 e. The smallest absolute Gasteiger partial charge is 0.422 e. The Morgan fingerprint density at radius 2 is 1.86 bits per heavy atom. The quantitative estimate of drug-likeness (QED) is 0.350. The van der Waals surface area contributed by atoms with Gasteiger partial charge in [-0.15, -0.1) is 0 Å². The molecule has 0 aromatic heterocycles. The van der Waals surface area contributed by atoms with Crippen LogP contribution in [0.15, 0.2) is 0 Å². The lowest BCUT2D eigenvalue weighted by molar-refractivity contribution is -0.160. The maximum Gasteiger partial charge on any atom is 0.422 e. The van der Waals surface area contributed by atoms with E-state index in [1.165, 1.54) is 11.8 Å². The molecule has 0 radical (unpaired) electrons. The summed E-state index contributed by atoms with van der Waals surface area (Å²) in [6.45, 7) is 3.57. The fraction of sp³-hybridized carbons (Fsp3) is 0.783. The number of carbonyl (C=O) groups excluding carboxylic acids is 5. The van der Waals surface area contributed by atoms with Crippen LogP contribution >= 0.6 is 0 Å². The van der Waals surface area contributed by atoms with Crippen LogP contribution in [0, 0.1) is 23.2 Å². The fourth-order valence-corrected chi connectivity index (χ4v) is 5.93. The number of nitrogens with zero attached hydrogens (tertiary/aromatic N) is 1. The standard InChI is InChI=1S/C23H32F3N5O6/c1-10(28-20(36)37-9-23(24,25)26)19(35)31-8-12-14(21(12,2)3)15(31)18(34)29-13(16(27)32)6-11-7-22(4-5-22)30-17(11)33/h10-15H,4-9H2,1-3H3,(H2,27,32)(H,28,36)(H,29,34)(H,30,33)/t10-,11+,12-,13-,14-,15-/m0/s1. The van der Waals surface area contributed by atoms with Crippen LogP contribution in [0.3, 0.4) is 0 Å². The van der Waals surface area contributed by atoms with Crippen molar-refractivity contribution in [1.29, 1.82) is 0 Å². The van der Waals surface area contributed by atoms with Gasteiger partial charge in [0.25, 0.3) is 0 Å². The monoisotopic (exact) mass is 531 g/mol. The summed E-state index contributed by atoms with van der Waals surface area (Å²) in [4.78, 5) is 64.0. The van der Waals surface area contributed by atoms with Crippen molar-refractivity contribution in [3.05, 3.63) is 0 Å². The van der Waals surface area contributed by atoms with E-state index in [-0.39, 0.29) is 41.7 Å². The van der Waals surface area contributed by atoms with Gasteiger partial charge in [-0.2, -0.15) is 13.2 Å². The van der Waals surface area contributed by atoms with E-state index in [9.17, 15) is 37.1 Å². The molecule has 5 N–H and O–H groups in total. The molecular weight excluding hydrogens is 499 g/mol. The van der Waals surface area contributed by atoms with Crippen LogP contribution in [0.5, 0.6) is 0 Å². The van der Waals surface area contributed by atoms with Crippen molar-refractivity contribution >= 4 is 29.7 Å². The van der Waals surface area contributed by atoms with Crippen molar-refractivity contribution in [3.63, 3.8) is 0 Å². The summed E-state index contributed by atoms with van der Waals surface area (Å²) < 4.78 is 41.0.